The second-order valence-electron chi connectivity index (χ2n) is 3.97. The van der Waals surface area contributed by atoms with Crippen molar-refractivity contribution in [3.63, 3.8) is 0 Å². The van der Waals surface area contributed by atoms with Crippen LogP contribution in [0.2, 0.25) is 0 Å². The minimum atomic E-state index is -0.765. The first-order chi connectivity index (χ1) is 8.97. The maximum atomic E-state index is 13.7. The van der Waals surface area contributed by atoms with Gasteiger partial charge in [-0.2, -0.15) is 0 Å². The third-order valence-electron chi connectivity index (χ3n) is 2.44. The summed E-state index contributed by atoms with van der Waals surface area (Å²) in [6.45, 7) is 1.88. The van der Waals surface area contributed by atoms with Gasteiger partial charge in [0.25, 0.3) is 0 Å². The van der Waals surface area contributed by atoms with Crippen molar-refractivity contribution in [3.8, 4) is 0 Å². The number of hydrogen-bond donors (Lipinski definition) is 2. The van der Waals surface area contributed by atoms with Gasteiger partial charge in [-0.25, -0.2) is 8.78 Å². The van der Waals surface area contributed by atoms with Crippen LogP contribution in [0.15, 0.2) is 22.7 Å². The first-order valence-electron chi connectivity index (χ1n) is 5.42. The van der Waals surface area contributed by atoms with Gasteiger partial charge in [-0.1, -0.05) is 17.4 Å². The van der Waals surface area contributed by atoms with Crippen LogP contribution in [-0.2, 0) is 6.54 Å². The van der Waals surface area contributed by atoms with Crippen LogP contribution in [0.1, 0.15) is 17.0 Å². The van der Waals surface area contributed by atoms with E-state index in [0.29, 0.717) is 11.5 Å². The number of halogens is 2. The lowest BCUT2D eigenvalue weighted by Crippen LogP contribution is -2.12. The molecule has 1 heterocycles. The van der Waals surface area contributed by atoms with E-state index < -0.39 is 11.6 Å². The Balaban J connectivity index is 2.18. The molecule has 1 aromatic carbocycles. The zero-order chi connectivity index (χ0) is 14.0. The summed E-state index contributed by atoms with van der Waals surface area (Å²) >= 11 is 4.67. The van der Waals surface area contributed by atoms with Crippen molar-refractivity contribution >= 4 is 22.9 Å². The van der Waals surface area contributed by atoms with Gasteiger partial charge >= 0.3 is 0 Å². The van der Waals surface area contributed by atoms with Crippen molar-refractivity contribution < 1.29 is 13.3 Å². The minimum Gasteiger partial charge on any atom is -0.389 e. The molecular weight excluding hydrogens is 272 g/mol. The third-order valence-corrected chi connectivity index (χ3v) is 2.68. The van der Waals surface area contributed by atoms with E-state index >= 15 is 0 Å². The highest BCUT2D eigenvalue weighted by molar-refractivity contribution is 7.80. The van der Waals surface area contributed by atoms with Gasteiger partial charge in [0.2, 0.25) is 0 Å². The number of rotatable bonds is 4. The highest BCUT2D eigenvalue weighted by Crippen LogP contribution is 2.21. The fourth-order valence-corrected chi connectivity index (χ4v) is 1.68. The van der Waals surface area contributed by atoms with E-state index in [1.807, 2.05) is 0 Å². The fraction of sp³-hybridized carbons (Fsp3) is 0.167. The highest BCUT2D eigenvalue weighted by Gasteiger charge is 2.13. The highest BCUT2D eigenvalue weighted by atomic mass is 32.1. The minimum absolute atomic E-state index is 0.0600. The Morgan fingerprint density at radius 2 is 2.00 bits per heavy atom. The smallest absolute Gasteiger partial charge is 0.156 e. The van der Waals surface area contributed by atoms with Crippen molar-refractivity contribution in [2.24, 2.45) is 5.73 Å². The van der Waals surface area contributed by atoms with Crippen molar-refractivity contribution in [2.75, 3.05) is 5.32 Å². The van der Waals surface area contributed by atoms with Gasteiger partial charge in [0.15, 0.2) is 5.76 Å². The Labute approximate surface area is 113 Å². The molecule has 0 bridgehead atoms. The van der Waals surface area contributed by atoms with E-state index in [0.717, 1.165) is 12.1 Å². The number of benzene rings is 1. The summed E-state index contributed by atoms with van der Waals surface area (Å²) in [6, 6.07) is 3.84. The summed E-state index contributed by atoms with van der Waals surface area (Å²) in [7, 11) is 0. The van der Waals surface area contributed by atoms with E-state index in [9.17, 15) is 8.78 Å². The van der Waals surface area contributed by atoms with E-state index in [2.05, 4.69) is 22.7 Å². The monoisotopic (exact) mass is 283 g/mol. The normalized spacial score (nSPS) is 10.5. The number of aryl methyl sites for hydroxylation is 1. The molecule has 100 valence electrons. The van der Waals surface area contributed by atoms with Crippen LogP contribution in [0.5, 0.6) is 0 Å². The Hall–Kier alpha value is -2.02. The van der Waals surface area contributed by atoms with Gasteiger partial charge in [-0.15, -0.1) is 0 Å². The van der Waals surface area contributed by atoms with Crippen molar-refractivity contribution in [1.82, 2.24) is 5.16 Å². The SMILES string of the molecule is Cc1cc(CNc2c(F)cc(C(N)=S)cc2F)on1. The van der Waals surface area contributed by atoms with E-state index in [4.69, 9.17) is 10.3 Å². The molecule has 2 aromatic rings. The predicted molar refractivity (Wildman–Crippen MR) is 70.8 cm³/mol. The number of aromatic nitrogens is 1. The molecule has 19 heavy (non-hydrogen) atoms. The molecule has 0 unspecified atom stereocenters. The quantitative estimate of drug-likeness (QED) is 0.844. The van der Waals surface area contributed by atoms with Crippen molar-refractivity contribution in [3.05, 3.63) is 46.9 Å². The van der Waals surface area contributed by atoms with Gasteiger partial charge in [0, 0.05) is 11.6 Å². The Kier molecular flexibility index (Phi) is 3.75. The Morgan fingerprint density at radius 1 is 1.37 bits per heavy atom. The number of thiocarbonyl (C=S) groups is 1. The summed E-state index contributed by atoms with van der Waals surface area (Å²) in [5, 5.41) is 6.28. The molecule has 0 aliphatic rings. The summed E-state index contributed by atoms with van der Waals surface area (Å²) in [5.74, 6) is -1.05. The first-order valence-corrected chi connectivity index (χ1v) is 5.83. The molecule has 0 aliphatic heterocycles. The van der Waals surface area contributed by atoms with Gasteiger partial charge in [-0.05, 0) is 19.1 Å². The largest absolute Gasteiger partial charge is 0.389 e. The zero-order valence-electron chi connectivity index (χ0n) is 10.0. The number of nitrogens with one attached hydrogen (secondary N) is 1. The fourth-order valence-electron chi connectivity index (χ4n) is 1.56. The molecule has 7 heteroatoms. The average Bonchev–Trinajstić information content (AvgIpc) is 2.73. The summed E-state index contributed by atoms with van der Waals surface area (Å²) < 4.78 is 32.4. The lowest BCUT2D eigenvalue weighted by Gasteiger charge is -2.08. The molecule has 0 atom stereocenters. The van der Waals surface area contributed by atoms with Crippen molar-refractivity contribution in [1.29, 1.82) is 0 Å². The molecule has 2 rings (SSSR count). The van der Waals surface area contributed by atoms with E-state index in [-0.39, 0.29) is 22.8 Å². The van der Waals surface area contributed by atoms with Gasteiger partial charge in [0.1, 0.15) is 22.3 Å². The average molecular weight is 283 g/mol. The van der Waals surface area contributed by atoms with Crippen LogP contribution in [0.3, 0.4) is 0 Å². The standard InChI is InChI=1S/C12H11F2N3OS/c1-6-2-8(18-17-6)5-16-11-9(13)3-7(12(15)19)4-10(11)14/h2-4,16H,5H2,1H3,(H2,15,19). The number of nitrogens with two attached hydrogens (primary N) is 1. The lowest BCUT2D eigenvalue weighted by molar-refractivity contribution is 0.384. The molecule has 0 radical (unpaired) electrons. The molecule has 1 aromatic heterocycles. The molecule has 0 amide bonds. The second kappa shape index (κ2) is 5.31. The second-order valence-corrected chi connectivity index (χ2v) is 4.41. The van der Waals surface area contributed by atoms with Gasteiger partial charge in [0.05, 0.1) is 12.2 Å². The van der Waals surface area contributed by atoms with Gasteiger partial charge < -0.3 is 15.6 Å². The molecule has 0 fully saturated rings. The molecule has 0 saturated heterocycles. The van der Waals surface area contributed by atoms with E-state index in [1.165, 1.54) is 0 Å². The molecule has 4 nitrogen and oxygen atoms in total. The topological polar surface area (TPSA) is 64.1 Å². The Morgan fingerprint density at radius 3 is 2.47 bits per heavy atom. The maximum Gasteiger partial charge on any atom is 0.156 e. The number of hydrogen-bond acceptors (Lipinski definition) is 4. The molecule has 0 saturated carbocycles. The van der Waals surface area contributed by atoms with Crippen LogP contribution >= 0.6 is 12.2 Å². The van der Waals surface area contributed by atoms with Crippen molar-refractivity contribution in [2.45, 2.75) is 13.5 Å². The molecule has 0 spiro atoms. The molecular formula is C12H11F2N3OS. The summed E-state index contributed by atoms with van der Waals surface area (Å²) in [4.78, 5) is -0.0600. The zero-order valence-corrected chi connectivity index (χ0v) is 10.9. The molecule has 3 N–H and O–H groups in total. The van der Waals surface area contributed by atoms with E-state index in [1.54, 1.807) is 13.0 Å². The number of nitrogens with zero attached hydrogens (tertiary/aromatic N) is 1. The summed E-state index contributed by atoms with van der Waals surface area (Å²) in [6.07, 6.45) is 0. The van der Waals surface area contributed by atoms with Crippen LogP contribution in [-0.4, -0.2) is 10.1 Å². The van der Waals surface area contributed by atoms with Crippen LogP contribution in [0.4, 0.5) is 14.5 Å². The molecule has 0 aliphatic carbocycles. The predicted octanol–water partition coefficient (Wildman–Crippen LogP) is 2.51. The third kappa shape index (κ3) is 3.05. The van der Waals surface area contributed by atoms with Gasteiger partial charge in [-0.3, -0.25) is 0 Å². The number of anilines is 1. The van der Waals surface area contributed by atoms with Crippen LogP contribution < -0.4 is 11.1 Å². The lowest BCUT2D eigenvalue weighted by atomic mass is 10.2. The maximum absolute atomic E-state index is 13.7. The van der Waals surface area contributed by atoms with Crippen LogP contribution in [0.25, 0.3) is 0 Å². The summed E-state index contributed by atoms with van der Waals surface area (Å²) in [5.41, 5.74) is 5.91. The van der Waals surface area contributed by atoms with Crippen LogP contribution in [0, 0.1) is 18.6 Å². The first kappa shape index (κ1) is 13.4. The Bertz CT molecular complexity index is 604.